The Balaban J connectivity index is 0.00000272. The molecule has 31 heavy (non-hydrogen) atoms. The Morgan fingerprint density at radius 1 is 1.29 bits per heavy atom. The van der Waals surface area contributed by atoms with Crippen LogP contribution in [0.2, 0.25) is 0 Å². The predicted octanol–water partition coefficient (Wildman–Crippen LogP) is -3.95. The molecule has 2 aliphatic rings. The van der Waals surface area contributed by atoms with Crippen molar-refractivity contribution in [3.8, 4) is 0 Å². The van der Waals surface area contributed by atoms with Gasteiger partial charge in [-0.25, -0.2) is 0 Å². The Hall–Kier alpha value is -2.08. The number of carboxylic acids is 1. The minimum atomic E-state index is -1.34. The molecule has 3 atom stereocenters. The van der Waals surface area contributed by atoms with Crippen LogP contribution in [0.3, 0.4) is 0 Å². The van der Waals surface area contributed by atoms with E-state index >= 15 is 0 Å². The predicted molar refractivity (Wildman–Crippen MR) is 106 cm³/mol. The van der Waals surface area contributed by atoms with Crippen molar-refractivity contribution < 1.29 is 53.5 Å². The first kappa shape index (κ1) is 23.6. The van der Waals surface area contributed by atoms with Crippen LogP contribution in [-0.4, -0.2) is 49.6 Å². The second-order valence-corrected chi connectivity index (χ2v) is 9.68. The van der Waals surface area contributed by atoms with Crippen LogP contribution in [0, 0.1) is 17.0 Å². The zero-order chi connectivity index (χ0) is 22.0. The van der Waals surface area contributed by atoms with Crippen molar-refractivity contribution >= 4 is 40.6 Å². The minimum absolute atomic E-state index is 0. The van der Waals surface area contributed by atoms with E-state index in [4.69, 9.17) is 0 Å². The Morgan fingerprint density at radius 2 is 1.94 bits per heavy atom. The Labute approximate surface area is 203 Å². The first-order valence-corrected chi connectivity index (χ1v) is 10.2. The zero-order valence-corrected chi connectivity index (χ0v) is 20.3. The van der Waals surface area contributed by atoms with E-state index in [1.54, 1.807) is 26.0 Å². The summed E-state index contributed by atoms with van der Waals surface area (Å²) in [6, 6.07) is 4.27. The fraction of sp³-hybridized carbons (Fsp3) is 0.421. The van der Waals surface area contributed by atoms with E-state index in [0.29, 0.717) is 9.16 Å². The molecule has 0 bridgehead atoms. The van der Waals surface area contributed by atoms with Gasteiger partial charge in [0.2, 0.25) is 11.8 Å². The summed E-state index contributed by atoms with van der Waals surface area (Å²) in [6.07, 6.45) is -0.392. The number of carbonyl (C=O) groups is 3. The number of benzene rings is 1. The molecule has 0 spiro atoms. The third kappa shape index (κ3) is 3.63. The van der Waals surface area contributed by atoms with Crippen LogP contribution in [0.15, 0.2) is 24.3 Å². The van der Waals surface area contributed by atoms with Gasteiger partial charge in [-0.1, -0.05) is 12.1 Å². The fourth-order valence-electron chi connectivity index (χ4n) is 4.10. The SMILES string of the molecule is Cc1c(CC(=O)N[C@@H]2C(=O)N3[C@@H]2SC(C)(C)[C@@H]3C(=O)[O-])[n+](=O)c2ccccc2n1[O-].[Na+]. The fourth-order valence-corrected chi connectivity index (χ4v) is 5.72. The van der Waals surface area contributed by atoms with Crippen LogP contribution >= 0.6 is 11.8 Å². The number of fused-ring (bicyclic) bond motifs is 2. The number of thioether (sulfide) groups is 1. The molecule has 2 fully saturated rings. The van der Waals surface area contributed by atoms with E-state index in [2.05, 4.69) is 5.32 Å². The van der Waals surface area contributed by atoms with E-state index in [-0.39, 0.29) is 52.0 Å². The molecule has 4 rings (SSSR count). The van der Waals surface area contributed by atoms with Crippen LogP contribution in [0.4, 0.5) is 0 Å². The molecule has 2 saturated heterocycles. The molecule has 1 aromatic heterocycles. The van der Waals surface area contributed by atoms with Crippen LogP contribution in [0.25, 0.3) is 11.0 Å². The number of carbonyl (C=O) groups excluding carboxylic acids is 3. The molecule has 0 radical (unpaired) electrons. The number of nitrogens with zero attached hydrogens (tertiary/aromatic N) is 3. The second kappa shape index (κ2) is 8.12. The third-order valence-corrected chi connectivity index (χ3v) is 7.17. The standard InChI is InChI=1S/C19H20N4O6S.Na/c1-9-12(23(29)11-7-5-4-6-10(11)22(9)28)8-13(24)20-14-16(25)21-15(18(26)27)19(2,3)30-17(14)21;/h4-7,14-15,17H,8H2,1-3H3,(H,20,24)(H,26,27);/q;+1/p-1/t14-,15+,17-;/m1./s1. The maximum atomic E-state index is 12.7. The van der Waals surface area contributed by atoms with E-state index in [1.165, 1.54) is 35.7 Å². The zero-order valence-electron chi connectivity index (χ0n) is 17.4. The van der Waals surface area contributed by atoms with Gasteiger partial charge in [-0.15, -0.1) is 11.8 Å². The van der Waals surface area contributed by atoms with E-state index in [0.717, 1.165) is 0 Å². The summed E-state index contributed by atoms with van der Waals surface area (Å²) in [5, 5.41) is 26.0. The van der Waals surface area contributed by atoms with Crippen molar-refractivity contribution in [2.45, 2.75) is 49.4 Å². The molecule has 3 heterocycles. The van der Waals surface area contributed by atoms with E-state index < -0.39 is 46.4 Å². The number of para-hydroxylation sites is 2. The van der Waals surface area contributed by atoms with Gasteiger partial charge in [-0.2, -0.15) is 0 Å². The molecule has 0 saturated carbocycles. The summed E-state index contributed by atoms with van der Waals surface area (Å²) in [6.45, 7) is 4.86. The molecule has 12 heteroatoms. The van der Waals surface area contributed by atoms with Gasteiger partial charge in [0.05, 0.1) is 22.1 Å². The molecule has 1 N–H and O–H groups in total. The van der Waals surface area contributed by atoms with Gasteiger partial charge >= 0.3 is 29.6 Å². The molecular weight excluding hydrogens is 435 g/mol. The molecule has 1 aromatic carbocycles. The summed E-state index contributed by atoms with van der Waals surface area (Å²) in [5.74, 6) is -2.46. The number of amides is 2. The number of hydrogen-bond acceptors (Lipinski definition) is 7. The quantitative estimate of drug-likeness (QED) is 0.282. The van der Waals surface area contributed by atoms with Crippen molar-refractivity contribution in [2.75, 3.05) is 0 Å². The number of rotatable bonds is 4. The normalized spacial score (nSPS) is 23.6. The number of β-lactam (4-membered cyclic amide) rings is 1. The second-order valence-electron chi connectivity index (χ2n) is 7.91. The van der Waals surface area contributed by atoms with Crippen molar-refractivity contribution in [3.05, 3.63) is 45.8 Å². The Kier molecular flexibility index (Phi) is 6.18. The van der Waals surface area contributed by atoms with Gasteiger partial charge in [0.1, 0.15) is 23.4 Å². The van der Waals surface area contributed by atoms with Crippen LogP contribution in [0.5, 0.6) is 0 Å². The molecule has 2 aromatic rings. The monoisotopic (exact) mass is 454 g/mol. The van der Waals surface area contributed by atoms with E-state index in [9.17, 15) is 29.6 Å². The first-order valence-electron chi connectivity index (χ1n) is 9.28. The minimum Gasteiger partial charge on any atom is -0.805 e. The van der Waals surface area contributed by atoms with Crippen molar-refractivity contribution in [2.24, 2.45) is 0 Å². The third-order valence-electron chi connectivity index (χ3n) is 5.60. The number of aromatic nitrogens is 2. The average molecular weight is 454 g/mol. The molecule has 2 amide bonds. The van der Waals surface area contributed by atoms with Gasteiger partial charge in [-0.05, 0) is 26.8 Å². The summed E-state index contributed by atoms with van der Waals surface area (Å²) < 4.78 is 0.384. The molecule has 158 valence electrons. The topological polar surface area (TPSA) is 141 Å². The van der Waals surface area contributed by atoms with Crippen LogP contribution in [-0.2, 0) is 20.8 Å². The number of aliphatic carboxylic acids is 1. The molecule has 0 unspecified atom stereocenters. The van der Waals surface area contributed by atoms with Crippen molar-refractivity contribution in [3.63, 3.8) is 0 Å². The Morgan fingerprint density at radius 3 is 2.58 bits per heavy atom. The summed E-state index contributed by atoms with van der Waals surface area (Å²) >= 11 is 1.27. The summed E-state index contributed by atoms with van der Waals surface area (Å²) in [4.78, 5) is 50.4. The van der Waals surface area contributed by atoms with Gasteiger partial charge < -0.3 is 30.1 Å². The number of hydrogen-bond donors (Lipinski definition) is 1. The Bertz CT molecular complexity index is 1170. The van der Waals surface area contributed by atoms with Crippen molar-refractivity contribution in [1.82, 2.24) is 14.9 Å². The van der Waals surface area contributed by atoms with Crippen molar-refractivity contribution in [1.29, 1.82) is 0 Å². The maximum absolute atomic E-state index is 12.7. The van der Waals surface area contributed by atoms with Crippen LogP contribution in [0.1, 0.15) is 25.2 Å². The molecular formula is C19H19N4NaO6S. The number of nitrogens with one attached hydrogen (secondary N) is 1. The van der Waals surface area contributed by atoms with Gasteiger partial charge in [0, 0.05) is 15.7 Å². The molecule has 10 nitrogen and oxygen atoms in total. The smallest absolute Gasteiger partial charge is 0.805 e. The maximum Gasteiger partial charge on any atom is 1.00 e. The molecule has 0 aliphatic carbocycles. The summed E-state index contributed by atoms with van der Waals surface area (Å²) in [5.41, 5.74) is 0.402. The van der Waals surface area contributed by atoms with Gasteiger partial charge in [-0.3, -0.25) is 9.59 Å². The first-order chi connectivity index (χ1) is 14.0. The summed E-state index contributed by atoms with van der Waals surface area (Å²) in [7, 11) is 0. The van der Waals surface area contributed by atoms with Gasteiger partial charge in [0.15, 0.2) is 0 Å². The average Bonchev–Trinajstić information content (AvgIpc) is 2.95. The van der Waals surface area contributed by atoms with Crippen LogP contribution < -0.4 is 44.4 Å². The largest absolute Gasteiger partial charge is 1.00 e. The van der Waals surface area contributed by atoms with E-state index in [1.807, 2.05) is 0 Å². The number of carboxylic acid groups (broad SMARTS) is 1. The molecule has 2 aliphatic heterocycles. The van der Waals surface area contributed by atoms with Gasteiger partial charge in [0.25, 0.3) is 11.2 Å².